The highest BCUT2D eigenvalue weighted by Gasteiger charge is 2.25. The summed E-state index contributed by atoms with van der Waals surface area (Å²) >= 11 is 12.9. The van der Waals surface area contributed by atoms with Crippen LogP contribution in [0.3, 0.4) is 0 Å². The largest absolute Gasteiger partial charge is 0.462 e. The lowest BCUT2D eigenvalue weighted by Gasteiger charge is -2.11. The molecule has 2 aromatic heterocycles. The Labute approximate surface area is 160 Å². The zero-order valence-corrected chi connectivity index (χ0v) is 15.5. The van der Waals surface area contributed by atoms with E-state index in [1.807, 2.05) is 30.3 Å². The maximum Gasteiger partial charge on any atom is 0.341 e. The number of alkyl halides is 1. The van der Waals surface area contributed by atoms with Crippen molar-refractivity contribution in [2.24, 2.45) is 5.92 Å². The van der Waals surface area contributed by atoms with Crippen LogP contribution < -0.4 is 0 Å². The van der Waals surface area contributed by atoms with Gasteiger partial charge < -0.3 is 4.74 Å². The Bertz CT molecular complexity index is 939. The van der Waals surface area contributed by atoms with Gasteiger partial charge in [-0.1, -0.05) is 41.9 Å². The van der Waals surface area contributed by atoms with Crippen molar-refractivity contribution in [1.82, 2.24) is 14.8 Å². The number of hydrogen-bond acceptors (Lipinski definition) is 4. The van der Waals surface area contributed by atoms with Gasteiger partial charge in [0.25, 0.3) is 0 Å². The third kappa shape index (κ3) is 3.55. The van der Waals surface area contributed by atoms with Gasteiger partial charge >= 0.3 is 5.97 Å². The third-order valence-corrected chi connectivity index (χ3v) is 5.26. The van der Waals surface area contributed by atoms with Crippen molar-refractivity contribution in [2.75, 3.05) is 6.61 Å². The molecule has 0 spiro atoms. The van der Waals surface area contributed by atoms with E-state index in [2.05, 4.69) is 10.1 Å². The molecule has 0 aliphatic heterocycles. The predicted molar refractivity (Wildman–Crippen MR) is 101 cm³/mol. The Kier molecular flexibility index (Phi) is 4.83. The van der Waals surface area contributed by atoms with Crippen LogP contribution in [0.15, 0.2) is 42.7 Å². The summed E-state index contributed by atoms with van der Waals surface area (Å²) in [7, 11) is 0. The van der Waals surface area contributed by atoms with Crippen LogP contribution in [-0.2, 0) is 11.3 Å². The highest BCUT2D eigenvalue weighted by Crippen LogP contribution is 2.31. The number of fused-ring (bicyclic) bond motifs is 1. The summed E-state index contributed by atoms with van der Waals surface area (Å²) < 4.78 is 7.00. The van der Waals surface area contributed by atoms with Crippen molar-refractivity contribution in [2.45, 2.75) is 24.8 Å². The van der Waals surface area contributed by atoms with Gasteiger partial charge in [-0.3, -0.25) is 0 Å². The molecular weight excluding hydrogens is 373 g/mol. The molecule has 1 aromatic carbocycles. The first-order chi connectivity index (χ1) is 12.6. The van der Waals surface area contributed by atoms with Crippen molar-refractivity contribution < 1.29 is 9.53 Å². The summed E-state index contributed by atoms with van der Waals surface area (Å²) in [4.78, 5) is 16.6. The molecule has 0 saturated heterocycles. The number of rotatable bonds is 6. The van der Waals surface area contributed by atoms with Crippen molar-refractivity contribution >= 4 is 40.2 Å². The Morgan fingerprint density at radius 3 is 2.77 bits per heavy atom. The number of hydrogen-bond donors (Lipinski definition) is 0. The van der Waals surface area contributed by atoms with Crippen LogP contribution in [0.25, 0.3) is 11.0 Å². The smallest absolute Gasteiger partial charge is 0.341 e. The van der Waals surface area contributed by atoms with Crippen LogP contribution in [0.1, 0.15) is 34.1 Å². The van der Waals surface area contributed by atoms with E-state index in [1.54, 1.807) is 10.9 Å². The molecule has 0 radical (unpaired) electrons. The second kappa shape index (κ2) is 7.25. The summed E-state index contributed by atoms with van der Waals surface area (Å²) in [5.74, 6) is 0.0550. The first kappa shape index (κ1) is 17.3. The number of esters is 1. The lowest BCUT2D eigenvalue weighted by molar-refractivity contribution is 0.0486. The van der Waals surface area contributed by atoms with Crippen LogP contribution in [0.2, 0.25) is 5.02 Å². The van der Waals surface area contributed by atoms with Gasteiger partial charge in [-0.15, -0.1) is 11.6 Å². The highest BCUT2D eigenvalue weighted by atomic mass is 35.5. The lowest BCUT2D eigenvalue weighted by Crippen LogP contribution is -2.10. The monoisotopic (exact) mass is 389 g/mol. The Balaban J connectivity index is 1.56. The van der Waals surface area contributed by atoms with E-state index in [0.717, 1.165) is 18.4 Å². The molecule has 1 fully saturated rings. The molecule has 1 unspecified atom stereocenters. The summed E-state index contributed by atoms with van der Waals surface area (Å²) in [6.07, 6.45) is 5.29. The number of ether oxygens (including phenoxy) is 1. The minimum Gasteiger partial charge on any atom is -0.462 e. The Morgan fingerprint density at radius 2 is 2.04 bits per heavy atom. The molecule has 5 nitrogen and oxygen atoms in total. The van der Waals surface area contributed by atoms with Crippen molar-refractivity contribution in [3.05, 3.63) is 58.9 Å². The Hall–Kier alpha value is -2.11. The first-order valence-electron chi connectivity index (χ1n) is 8.49. The third-order valence-electron chi connectivity index (χ3n) is 4.46. The second-order valence-corrected chi connectivity index (χ2v) is 7.37. The first-order valence-corrected chi connectivity index (χ1v) is 9.31. The molecule has 3 aromatic rings. The molecule has 2 heterocycles. The molecule has 1 atom stereocenters. The fraction of sp³-hybridized carbons (Fsp3) is 0.316. The number of carbonyl (C=O) groups excluding carboxylic acids is 1. The van der Waals surface area contributed by atoms with Crippen LogP contribution >= 0.6 is 23.2 Å². The predicted octanol–water partition coefficient (Wildman–Crippen LogP) is 4.63. The van der Waals surface area contributed by atoms with Crippen molar-refractivity contribution in [3.63, 3.8) is 0 Å². The van der Waals surface area contributed by atoms with Crippen molar-refractivity contribution in [1.29, 1.82) is 0 Å². The number of aromatic nitrogens is 3. The fourth-order valence-corrected chi connectivity index (χ4v) is 3.28. The summed E-state index contributed by atoms with van der Waals surface area (Å²) in [6.45, 7) is 0.890. The molecule has 0 N–H and O–H groups in total. The standard InChI is InChI=1S/C19H17Cl2N3O2/c20-16(13-4-2-1-3-5-13)10-24-18-14(9-23-24)17(21)15(8-22-18)19(25)26-11-12-6-7-12/h1-5,8-9,12,16H,6-7,10-11H2. The maximum absolute atomic E-state index is 12.2. The van der Waals surface area contributed by atoms with Gasteiger partial charge in [0.05, 0.1) is 40.7 Å². The maximum atomic E-state index is 12.2. The van der Waals surface area contributed by atoms with E-state index >= 15 is 0 Å². The summed E-state index contributed by atoms with van der Waals surface area (Å²) in [6, 6.07) is 9.78. The van der Waals surface area contributed by atoms with Gasteiger partial charge in [-0.05, 0) is 24.3 Å². The van der Waals surface area contributed by atoms with Gasteiger partial charge in [0.2, 0.25) is 0 Å². The topological polar surface area (TPSA) is 57.0 Å². The number of halogens is 2. The van der Waals surface area contributed by atoms with E-state index in [0.29, 0.717) is 35.1 Å². The average Bonchev–Trinajstić information content (AvgIpc) is 3.41. The van der Waals surface area contributed by atoms with Crippen LogP contribution in [0, 0.1) is 5.92 Å². The lowest BCUT2D eigenvalue weighted by atomic mass is 10.1. The number of pyridine rings is 1. The second-order valence-electron chi connectivity index (χ2n) is 6.47. The van der Waals surface area contributed by atoms with Crippen molar-refractivity contribution in [3.8, 4) is 0 Å². The molecule has 4 rings (SSSR count). The molecule has 7 heteroatoms. The van der Waals surface area contributed by atoms with Crippen LogP contribution in [-0.4, -0.2) is 27.3 Å². The van der Waals surface area contributed by atoms with Crippen LogP contribution in [0.5, 0.6) is 0 Å². The fourth-order valence-electron chi connectivity index (χ4n) is 2.75. The Morgan fingerprint density at radius 1 is 1.27 bits per heavy atom. The van der Waals surface area contributed by atoms with Gasteiger partial charge in [-0.25, -0.2) is 14.5 Å². The SMILES string of the molecule is O=C(OCC1CC1)c1cnc2c(cnn2CC(Cl)c2ccccc2)c1Cl. The van der Waals surface area contributed by atoms with E-state index in [4.69, 9.17) is 27.9 Å². The quantitative estimate of drug-likeness (QED) is 0.455. The highest BCUT2D eigenvalue weighted by molar-refractivity contribution is 6.38. The summed E-state index contributed by atoms with van der Waals surface area (Å²) in [5.41, 5.74) is 1.87. The number of nitrogens with zero attached hydrogens (tertiary/aromatic N) is 3. The molecule has 1 aliphatic carbocycles. The van der Waals surface area contributed by atoms with E-state index in [9.17, 15) is 4.79 Å². The summed E-state index contributed by atoms with van der Waals surface area (Å²) in [5, 5.41) is 5.02. The molecule has 134 valence electrons. The van der Waals surface area contributed by atoms with Gasteiger partial charge in [0.1, 0.15) is 0 Å². The molecule has 1 saturated carbocycles. The minimum atomic E-state index is -0.441. The van der Waals surface area contributed by atoms with Gasteiger partial charge in [0.15, 0.2) is 5.65 Å². The molecule has 0 amide bonds. The zero-order chi connectivity index (χ0) is 18.1. The zero-order valence-electron chi connectivity index (χ0n) is 13.9. The van der Waals surface area contributed by atoms with E-state index < -0.39 is 5.97 Å². The average molecular weight is 390 g/mol. The molecular formula is C19H17Cl2N3O2. The normalized spacial score (nSPS) is 15.2. The van der Waals surface area contributed by atoms with E-state index in [1.165, 1.54) is 6.20 Å². The molecule has 1 aliphatic rings. The molecule has 0 bridgehead atoms. The van der Waals surface area contributed by atoms with Gasteiger partial charge in [0, 0.05) is 6.20 Å². The van der Waals surface area contributed by atoms with E-state index in [-0.39, 0.29) is 10.9 Å². The number of benzene rings is 1. The molecule has 26 heavy (non-hydrogen) atoms. The van der Waals surface area contributed by atoms with Gasteiger partial charge in [-0.2, -0.15) is 5.10 Å². The number of carbonyl (C=O) groups is 1. The minimum absolute atomic E-state index is 0.247. The van der Waals surface area contributed by atoms with Crippen LogP contribution in [0.4, 0.5) is 0 Å².